The number of amides is 1. The van der Waals surface area contributed by atoms with Crippen LogP contribution in [-0.4, -0.2) is 31.2 Å². The van der Waals surface area contributed by atoms with Crippen molar-refractivity contribution in [1.82, 2.24) is 10.3 Å². The number of nitrogens with zero attached hydrogens (tertiary/aromatic N) is 2. The summed E-state index contributed by atoms with van der Waals surface area (Å²) in [4.78, 5) is 16.2. The highest BCUT2D eigenvalue weighted by Gasteiger charge is 2.40. The first-order chi connectivity index (χ1) is 9.70. The molecule has 1 aliphatic heterocycles. The molecule has 20 heavy (non-hydrogen) atoms. The monoisotopic (exact) mass is 275 g/mol. The minimum absolute atomic E-state index is 0.237. The zero-order valence-electron chi connectivity index (χ0n) is 11.4. The zero-order chi connectivity index (χ0) is 14.4. The fourth-order valence-corrected chi connectivity index (χ4v) is 2.13. The number of nitrogens with one attached hydrogen (secondary N) is 1. The van der Waals surface area contributed by atoms with E-state index in [1.807, 2.05) is 0 Å². The highest BCUT2D eigenvalue weighted by atomic mass is 16.5. The van der Waals surface area contributed by atoms with Crippen LogP contribution in [0.1, 0.15) is 18.4 Å². The van der Waals surface area contributed by atoms with Crippen molar-refractivity contribution >= 4 is 5.91 Å². The fourth-order valence-electron chi connectivity index (χ4n) is 2.13. The molecule has 1 aliphatic rings. The van der Waals surface area contributed by atoms with Gasteiger partial charge in [-0.15, -0.1) is 0 Å². The topological polar surface area (TPSA) is 84.2 Å². The van der Waals surface area contributed by atoms with Crippen molar-refractivity contribution in [3.05, 3.63) is 23.9 Å². The number of ether oxygens (including phenoxy) is 2. The first-order valence-electron chi connectivity index (χ1n) is 6.46. The molecular formula is C14H17N3O3. The van der Waals surface area contributed by atoms with E-state index >= 15 is 0 Å². The number of carbonyl (C=O) groups is 1. The molecule has 1 aromatic rings. The quantitative estimate of drug-likeness (QED) is 0.887. The van der Waals surface area contributed by atoms with Gasteiger partial charge in [-0.25, -0.2) is 4.98 Å². The average Bonchev–Trinajstić information content (AvgIpc) is 2.53. The van der Waals surface area contributed by atoms with Crippen molar-refractivity contribution in [2.45, 2.75) is 19.4 Å². The maximum Gasteiger partial charge on any atom is 0.240 e. The van der Waals surface area contributed by atoms with E-state index < -0.39 is 5.41 Å². The van der Waals surface area contributed by atoms with Crippen LogP contribution in [0.5, 0.6) is 5.88 Å². The van der Waals surface area contributed by atoms with Gasteiger partial charge in [-0.05, 0) is 24.5 Å². The largest absolute Gasteiger partial charge is 0.481 e. The fraction of sp³-hybridized carbons (Fsp3) is 0.500. The molecule has 106 valence electrons. The molecule has 0 bridgehead atoms. The normalized spacial score (nSPS) is 17.0. The Kier molecular flexibility index (Phi) is 4.53. The third kappa shape index (κ3) is 3.06. The van der Waals surface area contributed by atoms with Crippen molar-refractivity contribution in [3.8, 4) is 11.9 Å². The standard InChI is InChI=1S/C14H17N3O3/c1-19-12-8-11(2-5-16-12)9-17-13(18)14(10-15)3-6-20-7-4-14/h2,5,8H,3-4,6-7,9H2,1H3,(H,17,18). The predicted molar refractivity (Wildman–Crippen MR) is 70.7 cm³/mol. The van der Waals surface area contributed by atoms with E-state index in [1.165, 1.54) is 7.11 Å². The molecule has 1 fully saturated rings. The third-order valence-corrected chi connectivity index (χ3v) is 3.46. The van der Waals surface area contributed by atoms with E-state index in [1.54, 1.807) is 18.3 Å². The Morgan fingerprint density at radius 1 is 1.60 bits per heavy atom. The van der Waals surface area contributed by atoms with Gasteiger partial charge in [0.25, 0.3) is 0 Å². The molecule has 1 amide bonds. The van der Waals surface area contributed by atoms with Gasteiger partial charge in [0.15, 0.2) is 0 Å². The van der Waals surface area contributed by atoms with Gasteiger partial charge in [0.05, 0.1) is 13.2 Å². The molecule has 2 rings (SSSR count). The minimum atomic E-state index is -0.963. The van der Waals surface area contributed by atoms with Gasteiger partial charge in [0.1, 0.15) is 5.41 Å². The zero-order valence-corrected chi connectivity index (χ0v) is 11.4. The second kappa shape index (κ2) is 6.35. The van der Waals surface area contributed by atoms with Crippen molar-refractivity contribution in [1.29, 1.82) is 5.26 Å². The summed E-state index contributed by atoms with van der Waals surface area (Å²) < 4.78 is 10.2. The third-order valence-electron chi connectivity index (χ3n) is 3.46. The van der Waals surface area contributed by atoms with Gasteiger partial charge >= 0.3 is 0 Å². The molecule has 0 saturated carbocycles. The summed E-state index contributed by atoms with van der Waals surface area (Å²) in [6.45, 7) is 1.25. The lowest BCUT2D eigenvalue weighted by Gasteiger charge is -2.29. The molecule has 0 spiro atoms. The molecule has 2 heterocycles. The Bertz CT molecular complexity index is 519. The van der Waals surface area contributed by atoms with Crippen LogP contribution in [0, 0.1) is 16.7 Å². The first-order valence-corrected chi connectivity index (χ1v) is 6.46. The summed E-state index contributed by atoms with van der Waals surface area (Å²) in [5.74, 6) is 0.261. The minimum Gasteiger partial charge on any atom is -0.481 e. The van der Waals surface area contributed by atoms with E-state index in [-0.39, 0.29) is 5.91 Å². The van der Waals surface area contributed by atoms with E-state index in [0.29, 0.717) is 38.5 Å². The smallest absolute Gasteiger partial charge is 0.240 e. The summed E-state index contributed by atoms with van der Waals surface area (Å²) in [5, 5.41) is 12.1. The van der Waals surface area contributed by atoms with E-state index in [4.69, 9.17) is 9.47 Å². The number of rotatable bonds is 4. The van der Waals surface area contributed by atoms with Crippen LogP contribution in [0.3, 0.4) is 0 Å². The van der Waals surface area contributed by atoms with Crippen molar-refractivity contribution < 1.29 is 14.3 Å². The van der Waals surface area contributed by atoms with Gasteiger partial charge in [0, 0.05) is 32.0 Å². The predicted octanol–water partition coefficient (Wildman–Crippen LogP) is 1.03. The number of hydrogen-bond acceptors (Lipinski definition) is 5. The van der Waals surface area contributed by atoms with Crippen molar-refractivity contribution in [2.75, 3.05) is 20.3 Å². The molecule has 1 saturated heterocycles. The Morgan fingerprint density at radius 2 is 2.35 bits per heavy atom. The number of nitriles is 1. The molecule has 1 N–H and O–H groups in total. The number of methoxy groups -OCH3 is 1. The average molecular weight is 275 g/mol. The second-order valence-corrected chi connectivity index (χ2v) is 4.70. The number of hydrogen-bond donors (Lipinski definition) is 1. The Morgan fingerprint density at radius 3 is 3.00 bits per heavy atom. The number of carbonyl (C=O) groups excluding carboxylic acids is 1. The van der Waals surface area contributed by atoms with Gasteiger partial charge < -0.3 is 14.8 Å². The lowest BCUT2D eigenvalue weighted by molar-refractivity contribution is -0.132. The summed E-state index contributed by atoms with van der Waals surface area (Å²) >= 11 is 0. The van der Waals surface area contributed by atoms with Crippen molar-refractivity contribution in [2.24, 2.45) is 5.41 Å². The lowest BCUT2D eigenvalue weighted by atomic mass is 9.81. The highest BCUT2D eigenvalue weighted by Crippen LogP contribution is 2.29. The van der Waals surface area contributed by atoms with E-state index in [2.05, 4.69) is 16.4 Å². The van der Waals surface area contributed by atoms with Crippen LogP contribution in [0.25, 0.3) is 0 Å². The summed E-state index contributed by atoms with van der Waals surface area (Å²) in [7, 11) is 1.54. The van der Waals surface area contributed by atoms with Crippen LogP contribution in [-0.2, 0) is 16.1 Å². The van der Waals surface area contributed by atoms with Gasteiger partial charge in [-0.2, -0.15) is 5.26 Å². The Labute approximate surface area is 117 Å². The Hall–Kier alpha value is -2.13. The van der Waals surface area contributed by atoms with Gasteiger partial charge in [-0.1, -0.05) is 0 Å². The molecule has 6 nitrogen and oxygen atoms in total. The maximum atomic E-state index is 12.2. The van der Waals surface area contributed by atoms with Crippen LogP contribution in [0.4, 0.5) is 0 Å². The molecule has 0 atom stereocenters. The van der Waals surface area contributed by atoms with Crippen LogP contribution >= 0.6 is 0 Å². The molecule has 0 aliphatic carbocycles. The lowest BCUT2D eigenvalue weighted by Crippen LogP contribution is -2.43. The van der Waals surface area contributed by atoms with Crippen molar-refractivity contribution in [3.63, 3.8) is 0 Å². The Balaban J connectivity index is 1.99. The van der Waals surface area contributed by atoms with Gasteiger partial charge in [-0.3, -0.25) is 4.79 Å². The SMILES string of the molecule is COc1cc(CNC(=O)C2(C#N)CCOCC2)ccn1. The molecular weight excluding hydrogens is 258 g/mol. The summed E-state index contributed by atoms with van der Waals surface area (Å²) in [5.41, 5.74) is -0.0830. The van der Waals surface area contributed by atoms with Crippen LogP contribution < -0.4 is 10.1 Å². The molecule has 0 aromatic carbocycles. The maximum absolute atomic E-state index is 12.2. The van der Waals surface area contributed by atoms with E-state index in [0.717, 1.165) is 5.56 Å². The number of pyridine rings is 1. The number of aromatic nitrogens is 1. The van der Waals surface area contributed by atoms with Crippen LogP contribution in [0.2, 0.25) is 0 Å². The van der Waals surface area contributed by atoms with Crippen LogP contribution in [0.15, 0.2) is 18.3 Å². The molecule has 1 aromatic heterocycles. The van der Waals surface area contributed by atoms with E-state index in [9.17, 15) is 10.1 Å². The van der Waals surface area contributed by atoms with Gasteiger partial charge in [0.2, 0.25) is 11.8 Å². The summed E-state index contributed by atoms with van der Waals surface area (Å²) in [6.07, 6.45) is 2.50. The second-order valence-electron chi connectivity index (χ2n) is 4.70. The molecule has 6 heteroatoms. The highest BCUT2D eigenvalue weighted by molar-refractivity contribution is 5.85. The first kappa shape index (κ1) is 14.3. The summed E-state index contributed by atoms with van der Waals surface area (Å²) in [6, 6.07) is 5.70. The molecule has 0 radical (unpaired) electrons. The molecule has 0 unspecified atom stereocenters.